The summed E-state index contributed by atoms with van der Waals surface area (Å²) in [6, 6.07) is 13.2. The number of hydrogen-bond donors (Lipinski definition) is 2. The second kappa shape index (κ2) is 8.29. The zero-order valence-electron chi connectivity index (χ0n) is 13.2. The molecule has 0 aliphatic rings. The Hall–Kier alpha value is -2.40. The van der Waals surface area contributed by atoms with Crippen molar-refractivity contribution in [3.05, 3.63) is 53.1 Å². The fourth-order valence-corrected chi connectivity index (χ4v) is 2.18. The van der Waals surface area contributed by atoms with E-state index in [4.69, 9.17) is 26.8 Å². The summed E-state index contributed by atoms with van der Waals surface area (Å²) in [5.74, 6) is 1.65. The van der Waals surface area contributed by atoms with Gasteiger partial charge in [0.15, 0.2) is 17.5 Å². The van der Waals surface area contributed by atoms with Gasteiger partial charge in [-0.15, -0.1) is 0 Å². The molecule has 0 spiro atoms. The summed E-state index contributed by atoms with van der Waals surface area (Å²) < 4.78 is 10.4. The van der Waals surface area contributed by atoms with Gasteiger partial charge in [0.2, 0.25) is 0 Å². The summed E-state index contributed by atoms with van der Waals surface area (Å²) in [5.41, 5.74) is 7.85. The third kappa shape index (κ3) is 5.07. The van der Waals surface area contributed by atoms with E-state index in [-0.39, 0.29) is 0 Å². The van der Waals surface area contributed by atoms with Gasteiger partial charge >= 0.3 is 0 Å². The number of ether oxygens (including phenoxy) is 2. The van der Waals surface area contributed by atoms with Crippen molar-refractivity contribution in [2.45, 2.75) is 6.42 Å². The highest BCUT2D eigenvalue weighted by Crippen LogP contribution is 2.29. The Labute approximate surface area is 141 Å². The van der Waals surface area contributed by atoms with E-state index in [0.29, 0.717) is 24.0 Å². The van der Waals surface area contributed by atoms with Gasteiger partial charge in [-0.25, -0.2) is 0 Å². The van der Waals surface area contributed by atoms with Crippen LogP contribution in [0.1, 0.15) is 5.56 Å². The molecule has 0 unspecified atom stereocenters. The van der Waals surface area contributed by atoms with Crippen LogP contribution in [0.25, 0.3) is 0 Å². The highest BCUT2D eigenvalue weighted by atomic mass is 35.5. The van der Waals surface area contributed by atoms with E-state index in [1.807, 2.05) is 36.4 Å². The first-order chi connectivity index (χ1) is 11.1. The number of benzene rings is 2. The van der Waals surface area contributed by atoms with Crippen LogP contribution in [0, 0.1) is 0 Å². The first-order valence-electron chi connectivity index (χ1n) is 7.16. The molecular weight excluding hydrogens is 314 g/mol. The van der Waals surface area contributed by atoms with Crippen molar-refractivity contribution >= 4 is 23.2 Å². The molecule has 0 fully saturated rings. The predicted octanol–water partition coefficient (Wildman–Crippen LogP) is 3.33. The van der Waals surface area contributed by atoms with Crippen LogP contribution < -0.4 is 20.5 Å². The molecule has 6 heteroatoms. The molecule has 0 bridgehead atoms. The lowest BCUT2D eigenvalue weighted by Gasteiger charge is -2.11. The smallest absolute Gasteiger partial charge is 0.193 e. The van der Waals surface area contributed by atoms with Crippen LogP contribution in [0.15, 0.2) is 47.5 Å². The van der Waals surface area contributed by atoms with Gasteiger partial charge in [0, 0.05) is 23.3 Å². The van der Waals surface area contributed by atoms with Crippen LogP contribution in [0.3, 0.4) is 0 Å². The fourth-order valence-electron chi connectivity index (χ4n) is 2.06. The van der Waals surface area contributed by atoms with Gasteiger partial charge in [-0.2, -0.15) is 0 Å². The zero-order chi connectivity index (χ0) is 16.7. The summed E-state index contributed by atoms with van der Waals surface area (Å²) in [6.45, 7) is 0.591. The summed E-state index contributed by atoms with van der Waals surface area (Å²) in [4.78, 5) is 4.31. The van der Waals surface area contributed by atoms with Crippen LogP contribution in [-0.2, 0) is 6.42 Å². The molecule has 0 radical (unpaired) electrons. The number of hydrogen-bond acceptors (Lipinski definition) is 3. The Balaban J connectivity index is 1.92. The quantitative estimate of drug-likeness (QED) is 0.628. The number of nitrogens with zero attached hydrogens (tertiary/aromatic N) is 1. The molecule has 2 rings (SSSR count). The van der Waals surface area contributed by atoms with Crippen LogP contribution >= 0.6 is 11.6 Å². The average molecular weight is 334 g/mol. The summed E-state index contributed by atoms with van der Waals surface area (Å²) in [5, 5.41) is 3.76. The molecule has 5 nitrogen and oxygen atoms in total. The van der Waals surface area contributed by atoms with E-state index in [2.05, 4.69) is 10.3 Å². The van der Waals surface area contributed by atoms with Crippen molar-refractivity contribution in [1.82, 2.24) is 0 Å². The standard InChI is InChI=1S/C17H20ClN3O2/c1-22-15-8-7-14(11-16(15)23-2)21-17(19)20-10-9-12-3-5-13(18)6-4-12/h3-8,11H,9-10H2,1-2H3,(H3,19,20,21). The largest absolute Gasteiger partial charge is 0.493 e. The lowest BCUT2D eigenvalue weighted by molar-refractivity contribution is 0.355. The van der Waals surface area contributed by atoms with Crippen LogP contribution in [0.4, 0.5) is 5.69 Å². The maximum atomic E-state index is 5.90. The van der Waals surface area contributed by atoms with Crippen molar-refractivity contribution in [2.24, 2.45) is 10.7 Å². The third-order valence-electron chi connectivity index (χ3n) is 3.25. The maximum absolute atomic E-state index is 5.90. The van der Waals surface area contributed by atoms with Crippen LogP contribution in [0.5, 0.6) is 11.5 Å². The highest BCUT2D eigenvalue weighted by Gasteiger charge is 2.05. The number of methoxy groups -OCH3 is 2. The topological polar surface area (TPSA) is 68.9 Å². The van der Waals surface area contributed by atoms with Crippen molar-refractivity contribution in [3.63, 3.8) is 0 Å². The summed E-state index contributed by atoms with van der Waals surface area (Å²) in [6.07, 6.45) is 0.797. The minimum atomic E-state index is 0.353. The van der Waals surface area contributed by atoms with Gasteiger partial charge in [-0.05, 0) is 36.2 Å². The Morgan fingerprint density at radius 1 is 1.09 bits per heavy atom. The third-order valence-corrected chi connectivity index (χ3v) is 3.50. The van der Waals surface area contributed by atoms with E-state index in [9.17, 15) is 0 Å². The Morgan fingerprint density at radius 2 is 1.78 bits per heavy atom. The monoisotopic (exact) mass is 333 g/mol. The number of aliphatic imine (C=N–C) groups is 1. The second-order valence-corrected chi connectivity index (χ2v) is 5.27. The number of halogens is 1. The molecule has 2 aromatic rings. The van der Waals surface area contributed by atoms with E-state index >= 15 is 0 Å². The number of nitrogens with one attached hydrogen (secondary N) is 1. The first-order valence-corrected chi connectivity index (χ1v) is 7.53. The van der Waals surface area contributed by atoms with E-state index in [1.165, 1.54) is 0 Å². The lowest BCUT2D eigenvalue weighted by Crippen LogP contribution is -2.23. The Morgan fingerprint density at radius 3 is 2.43 bits per heavy atom. The van der Waals surface area contributed by atoms with Gasteiger partial charge in [0.05, 0.1) is 14.2 Å². The fraction of sp³-hybridized carbons (Fsp3) is 0.235. The highest BCUT2D eigenvalue weighted by molar-refractivity contribution is 6.30. The van der Waals surface area contributed by atoms with Crippen molar-refractivity contribution in [3.8, 4) is 11.5 Å². The lowest BCUT2D eigenvalue weighted by atomic mass is 10.1. The van der Waals surface area contributed by atoms with Gasteiger partial charge in [-0.3, -0.25) is 4.99 Å². The van der Waals surface area contributed by atoms with Crippen molar-refractivity contribution in [1.29, 1.82) is 0 Å². The molecule has 0 saturated carbocycles. The van der Waals surface area contributed by atoms with Gasteiger partial charge in [-0.1, -0.05) is 23.7 Å². The van der Waals surface area contributed by atoms with Crippen molar-refractivity contribution in [2.75, 3.05) is 26.1 Å². The first kappa shape index (κ1) is 17.0. The summed E-state index contributed by atoms with van der Waals surface area (Å²) in [7, 11) is 3.18. The molecule has 2 aromatic carbocycles. The molecule has 0 aliphatic heterocycles. The molecule has 0 amide bonds. The predicted molar refractivity (Wildman–Crippen MR) is 94.8 cm³/mol. The molecule has 0 aromatic heterocycles. The molecule has 0 heterocycles. The molecule has 0 saturated heterocycles. The van der Waals surface area contributed by atoms with E-state index in [1.54, 1.807) is 20.3 Å². The minimum absolute atomic E-state index is 0.353. The second-order valence-electron chi connectivity index (χ2n) is 4.84. The Bertz CT molecular complexity index is 672. The summed E-state index contributed by atoms with van der Waals surface area (Å²) >= 11 is 5.86. The normalized spacial score (nSPS) is 11.2. The van der Waals surface area contributed by atoms with Gasteiger partial charge in [0.1, 0.15) is 0 Å². The number of guanidine groups is 1. The molecule has 23 heavy (non-hydrogen) atoms. The SMILES string of the molecule is COc1ccc(NC(N)=NCCc2ccc(Cl)cc2)cc1OC. The van der Waals surface area contributed by atoms with Gasteiger partial charge in [0.25, 0.3) is 0 Å². The van der Waals surface area contributed by atoms with E-state index < -0.39 is 0 Å². The maximum Gasteiger partial charge on any atom is 0.193 e. The molecule has 122 valence electrons. The van der Waals surface area contributed by atoms with Crippen LogP contribution in [-0.4, -0.2) is 26.7 Å². The van der Waals surface area contributed by atoms with Crippen molar-refractivity contribution < 1.29 is 9.47 Å². The zero-order valence-corrected chi connectivity index (χ0v) is 13.9. The molecule has 3 N–H and O–H groups in total. The molecule has 0 aliphatic carbocycles. The van der Waals surface area contributed by atoms with Crippen LogP contribution in [0.2, 0.25) is 5.02 Å². The number of rotatable bonds is 6. The van der Waals surface area contributed by atoms with E-state index in [0.717, 1.165) is 22.7 Å². The minimum Gasteiger partial charge on any atom is -0.493 e. The Kier molecular flexibility index (Phi) is 6.11. The molecular formula is C17H20ClN3O2. The number of nitrogens with two attached hydrogens (primary N) is 1. The van der Waals surface area contributed by atoms with Gasteiger partial charge < -0.3 is 20.5 Å². The average Bonchev–Trinajstić information content (AvgIpc) is 2.56. The molecule has 0 atom stereocenters. The number of anilines is 1.